The third-order valence-corrected chi connectivity index (χ3v) is 4.26. The number of phenolic OH excluding ortho intramolecular Hbond substituents is 1. The fourth-order valence-corrected chi connectivity index (χ4v) is 3.07. The van der Waals surface area contributed by atoms with Crippen LogP contribution in [0, 0.1) is 5.82 Å². The Balaban J connectivity index is 2.15. The molecular weight excluding hydrogens is 335 g/mol. The van der Waals surface area contributed by atoms with Crippen LogP contribution in [0.2, 0.25) is 0 Å². The van der Waals surface area contributed by atoms with Gasteiger partial charge in [0.25, 0.3) is 0 Å². The fraction of sp³-hybridized carbons (Fsp3) is 0.200. The lowest BCUT2D eigenvalue weighted by atomic mass is 9.98. The van der Waals surface area contributed by atoms with Gasteiger partial charge >= 0.3 is 0 Å². The van der Waals surface area contributed by atoms with Crippen molar-refractivity contribution in [3.05, 3.63) is 64.6 Å². The van der Waals surface area contributed by atoms with Gasteiger partial charge in [0, 0.05) is 23.7 Å². The van der Waals surface area contributed by atoms with Crippen LogP contribution in [0.25, 0.3) is 10.9 Å². The van der Waals surface area contributed by atoms with Crippen LogP contribution in [0.3, 0.4) is 0 Å². The maximum atomic E-state index is 13.1. The summed E-state index contributed by atoms with van der Waals surface area (Å²) in [4.78, 5) is 15.8. The van der Waals surface area contributed by atoms with E-state index in [4.69, 9.17) is 4.74 Å². The van der Waals surface area contributed by atoms with Crippen LogP contribution in [0.5, 0.6) is 11.5 Å². The van der Waals surface area contributed by atoms with Crippen molar-refractivity contribution in [3.8, 4) is 11.5 Å². The lowest BCUT2D eigenvalue weighted by Crippen LogP contribution is -2.10. The summed E-state index contributed by atoms with van der Waals surface area (Å²) in [6.07, 6.45) is 2.80. The molecule has 0 atom stereocenters. The van der Waals surface area contributed by atoms with Crippen molar-refractivity contribution in [2.75, 3.05) is 14.2 Å². The third-order valence-electron chi connectivity index (χ3n) is 4.26. The maximum Gasteiger partial charge on any atom is 0.154 e. The van der Waals surface area contributed by atoms with Crippen LogP contribution in [0.4, 0.5) is 4.39 Å². The third kappa shape index (κ3) is 3.23. The number of benzene rings is 2. The highest BCUT2D eigenvalue weighted by atomic mass is 19.1. The van der Waals surface area contributed by atoms with E-state index in [0.29, 0.717) is 41.5 Å². The van der Waals surface area contributed by atoms with Crippen molar-refractivity contribution < 1.29 is 19.0 Å². The van der Waals surface area contributed by atoms with Crippen molar-refractivity contribution >= 4 is 17.2 Å². The number of pyridine rings is 1. The molecule has 5 nitrogen and oxygen atoms in total. The SMILES string of the molecule is CNCc1c(C=O)c(O)c2ncc(Cc3ccc(F)cc3)cc2c1OC. The zero-order valence-corrected chi connectivity index (χ0v) is 14.5. The van der Waals surface area contributed by atoms with Gasteiger partial charge in [0.05, 0.1) is 12.7 Å². The Morgan fingerprint density at radius 3 is 2.62 bits per heavy atom. The van der Waals surface area contributed by atoms with E-state index in [1.165, 1.54) is 19.2 Å². The van der Waals surface area contributed by atoms with Crippen LogP contribution >= 0.6 is 0 Å². The number of carbonyl (C=O) groups excluding carboxylic acids is 1. The predicted molar refractivity (Wildman–Crippen MR) is 97.3 cm³/mol. The Hall–Kier alpha value is -2.99. The summed E-state index contributed by atoms with van der Waals surface area (Å²) in [5, 5.41) is 14.1. The number of hydrogen-bond acceptors (Lipinski definition) is 5. The summed E-state index contributed by atoms with van der Waals surface area (Å²) in [5.41, 5.74) is 2.89. The highest BCUT2D eigenvalue weighted by Gasteiger charge is 2.20. The largest absolute Gasteiger partial charge is 0.505 e. The Bertz CT molecular complexity index is 956. The van der Waals surface area contributed by atoms with E-state index in [-0.39, 0.29) is 17.1 Å². The second-order valence-electron chi connectivity index (χ2n) is 5.97. The van der Waals surface area contributed by atoms with Crippen molar-refractivity contribution in [1.29, 1.82) is 0 Å². The minimum Gasteiger partial charge on any atom is -0.505 e. The average Bonchev–Trinajstić information content (AvgIpc) is 2.64. The summed E-state index contributed by atoms with van der Waals surface area (Å²) >= 11 is 0. The first-order chi connectivity index (χ1) is 12.6. The number of hydrogen-bond donors (Lipinski definition) is 2. The molecule has 26 heavy (non-hydrogen) atoms. The van der Waals surface area contributed by atoms with E-state index in [1.807, 2.05) is 6.07 Å². The molecule has 134 valence electrons. The van der Waals surface area contributed by atoms with Gasteiger partial charge in [-0.15, -0.1) is 0 Å². The molecule has 2 aromatic carbocycles. The monoisotopic (exact) mass is 354 g/mol. The number of nitrogens with zero attached hydrogens (tertiary/aromatic N) is 1. The minimum atomic E-state index is -0.282. The second-order valence-corrected chi connectivity index (χ2v) is 5.97. The minimum absolute atomic E-state index is 0.158. The normalized spacial score (nSPS) is 10.9. The molecule has 0 saturated heterocycles. The van der Waals surface area contributed by atoms with Gasteiger partial charge in [-0.25, -0.2) is 4.39 Å². The van der Waals surface area contributed by atoms with Crippen LogP contribution in [0.15, 0.2) is 36.5 Å². The van der Waals surface area contributed by atoms with Crippen LogP contribution in [-0.2, 0) is 13.0 Å². The Kier molecular flexibility index (Phi) is 5.14. The Morgan fingerprint density at radius 2 is 2.00 bits per heavy atom. The molecule has 3 rings (SSSR count). The molecule has 0 unspecified atom stereocenters. The lowest BCUT2D eigenvalue weighted by molar-refractivity contribution is 0.111. The topological polar surface area (TPSA) is 71.5 Å². The zero-order valence-electron chi connectivity index (χ0n) is 14.5. The summed E-state index contributed by atoms with van der Waals surface area (Å²) in [6.45, 7) is 0.364. The first-order valence-corrected chi connectivity index (χ1v) is 8.13. The number of aromatic nitrogens is 1. The molecule has 6 heteroatoms. The highest BCUT2D eigenvalue weighted by molar-refractivity contribution is 5.99. The zero-order chi connectivity index (χ0) is 18.7. The summed E-state index contributed by atoms with van der Waals surface area (Å²) < 4.78 is 18.6. The molecule has 0 radical (unpaired) electrons. The summed E-state index contributed by atoms with van der Waals surface area (Å²) in [5.74, 6) is 0.0622. The molecule has 0 aliphatic carbocycles. The van der Waals surface area contributed by atoms with Gasteiger partial charge in [0.2, 0.25) is 0 Å². The van der Waals surface area contributed by atoms with Gasteiger partial charge in [-0.05, 0) is 42.8 Å². The van der Waals surface area contributed by atoms with E-state index < -0.39 is 0 Å². The number of nitrogens with one attached hydrogen (secondary N) is 1. The predicted octanol–water partition coefficient (Wildman–Crippen LogP) is 3.21. The van der Waals surface area contributed by atoms with E-state index in [0.717, 1.165) is 11.1 Å². The van der Waals surface area contributed by atoms with E-state index in [9.17, 15) is 14.3 Å². The van der Waals surface area contributed by atoms with Crippen molar-refractivity contribution in [1.82, 2.24) is 10.3 Å². The number of aromatic hydroxyl groups is 1. The molecule has 0 saturated carbocycles. The van der Waals surface area contributed by atoms with Crippen LogP contribution in [0.1, 0.15) is 27.0 Å². The van der Waals surface area contributed by atoms with Gasteiger partial charge in [-0.3, -0.25) is 9.78 Å². The van der Waals surface area contributed by atoms with Crippen LogP contribution in [-0.4, -0.2) is 30.5 Å². The van der Waals surface area contributed by atoms with Gasteiger partial charge in [-0.1, -0.05) is 12.1 Å². The summed E-state index contributed by atoms with van der Waals surface area (Å²) in [7, 11) is 3.27. The molecule has 0 spiro atoms. The number of fused-ring (bicyclic) bond motifs is 1. The van der Waals surface area contributed by atoms with E-state index >= 15 is 0 Å². The smallest absolute Gasteiger partial charge is 0.154 e. The molecule has 0 fully saturated rings. The molecule has 0 aliphatic heterocycles. The molecule has 1 heterocycles. The number of aldehydes is 1. The van der Waals surface area contributed by atoms with Crippen molar-refractivity contribution in [2.45, 2.75) is 13.0 Å². The van der Waals surface area contributed by atoms with E-state index in [2.05, 4.69) is 10.3 Å². The lowest BCUT2D eigenvalue weighted by Gasteiger charge is -2.16. The van der Waals surface area contributed by atoms with Crippen molar-refractivity contribution in [2.24, 2.45) is 0 Å². The second kappa shape index (κ2) is 7.49. The molecule has 1 aromatic heterocycles. The van der Waals surface area contributed by atoms with Gasteiger partial charge < -0.3 is 15.2 Å². The van der Waals surface area contributed by atoms with Crippen LogP contribution < -0.4 is 10.1 Å². The molecule has 3 aromatic rings. The van der Waals surface area contributed by atoms with Gasteiger partial charge in [0.15, 0.2) is 12.0 Å². The Morgan fingerprint density at radius 1 is 1.27 bits per heavy atom. The fourth-order valence-electron chi connectivity index (χ4n) is 3.07. The standard InChI is InChI=1S/C20H19FN2O3/c1-22-10-16-17(11-24)19(25)18-15(20(16)26-2)8-13(9-23-18)7-12-3-5-14(21)6-4-12/h3-6,8-9,11,22,25H,7,10H2,1-2H3. The number of ether oxygens (including phenoxy) is 1. The quantitative estimate of drug-likeness (QED) is 0.665. The van der Waals surface area contributed by atoms with Gasteiger partial charge in [0.1, 0.15) is 17.1 Å². The maximum absolute atomic E-state index is 13.1. The van der Waals surface area contributed by atoms with Crippen molar-refractivity contribution in [3.63, 3.8) is 0 Å². The average molecular weight is 354 g/mol. The Labute approximate surface area is 150 Å². The van der Waals surface area contributed by atoms with E-state index in [1.54, 1.807) is 25.4 Å². The first-order valence-electron chi connectivity index (χ1n) is 8.13. The number of halogens is 1. The summed E-state index contributed by atoms with van der Waals surface area (Å²) in [6, 6.07) is 8.14. The number of carbonyl (C=O) groups is 1. The number of phenols is 1. The molecule has 0 bridgehead atoms. The van der Waals surface area contributed by atoms with Gasteiger partial charge in [-0.2, -0.15) is 0 Å². The highest BCUT2D eigenvalue weighted by Crippen LogP contribution is 2.39. The molecule has 0 aliphatic rings. The molecule has 2 N–H and O–H groups in total. The number of rotatable bonds is 6. The molecular formula is C20H19FN2O3. The first kappa shape index (κ1) is 17.8. The number of methoxy groups -OCH3 is 1. The molecule has 0 amide bonds.